The van der Waals surface area contributed by atoms with Crippen molar-refractivity contribution in [3.8, 4) is 0 Å². The van der Waals surface area contributed by atoms with Gasteiger partial charge in [-0.05, 0) is 30.6 Å². The van der Waals surface area contributed by atoms with E-state index in [-0.39, 0.29) is 0 Å². The average Bonchev–Trinajstić information content (AvgIpc) is 2.13. The quantitative estimate of drug-likeness (QED) is 0.376. The molecule has 0 aliphatic rings. The lowest BCUT2D eigenvalue weighted by Gasteiger charge is -2.26. The van der Waals surface area contributed by atoms with Gasteiger partial charge in [0.25, 0.3) is 0 Å². The third-order valence-electron chi connectivity index (χ3n) is 3.04. The molecule has 0 rings (SSSR count). The molecule has 0 heterocycles. The minimum Gasteiger partial charge on any atom is -0.271 e. The lowest BCUT2D eigenvalue weighted by atomic mass is 9.82. The molecule has 0 aromatic heterocycles. The fourth-order valence-electron chi connectivity index (χ4n) is 2.52. The second kappa shape index (κ2) is 8.08. The Hall–Kier alpha value is -0.0800. The van der Waals surface area contributed by atoms with Gasteiger partial charge < -0.3 is 0 Å². The van der Waals surface area contributed by atoms with Gasteiger partial charge in [-0.3, -0.25) is 11.3 Å². The maximum Gasteiger partial charge on any atom is 0.0213 e. The second-order valence-corrected chi connectivity index (χ2v) is 6.47. The van der Waals surface area contributed by atoms with Crippen molar-refractivity contribution < 1.29 is 0 Å². The highest BCUT2D eigenvalue weighted by molar-refractivity contribution is 4.72. The topological polar surface area (TPSA) is 38.0 Å². The molecular weight excluding hydrogens is 196 g/mol. The monoisotopic (exact) mass is 228 g/mol. The predicted molar refractivity (Wildman–Crippen MR) is 73.1 cm³/mol. The van der Waals surface area contributed by atoms with E-state index in [1.807, 2.05) is 0 Å². The van der Waals surface area contributed by atoms with Crippen LogP contribution in [0.4, 0.5) is 0 Å². The highest BCUT2D eigenvalue weighted by Gasteiger charge is 2.18. The summed E-state index contributed by atoms with van der Waals surface area (Å²) < 4.78 is 0. The summed E-state index contributed by atoms with van der Waals surface area (Å²) in [6.07, 6.45) is 7.61. The minimum absolute atomic E-state index is 0.433. The molecule has 0 fully saturated rings. The molecule has 2 unspecified atom stereocenters. The highest BCUT2D eigenvalue weighted by Crippen LogP contribution is 2.27. The van der Waals surface area contributed by atoms with Crippen LogP contribution in [0.5, 0.6) is 0 Å². The van der Waals surface area contributed by atoms with Gasteiger partial charge in [0, 0.05) is 6.04 Å². The van der Waals surface area contributed by atoms with E-state index in [1.54, 1.807) is 0 Å². The van der Waals surface area contributed by atoms with Gasteiger partial charge in [-0.2, -0.15) is 0 Å². The molecule has 0 saturated carbocycles. The lowest BCUT2D eigenvalue weighted by Crippen LogP contribution is -2.36. The van der Waals surface area contributed by atoms with Gasteiger partial charge >= 0.3 is 0 Å². The fourth-order valence-corrected chi connectivity index (χ4v) is 2.52. The van der Waals surface area contributed by atoms with E-state index in [0.717, 1.165) is 5.92 Å². The lowest BCUT2D eigenvalue weighted by molar-refractivity contribution is 0.269. The zero-order chi connectivity index (χ0) is 12.6. The van der Waals surface area contributed by atoms with Crippen LogP contribution in [-0.2, 0) is 0 Å². The van der Waals surface area contributed by atoms with E-state index in [9.17, 15) is 0 Å². The molecule has 0 aliphatic carbocycles. The molecule has 0 amide bonds. The summed E-state index contributed by atoms with van der Waals surface area (Å²) in [6, 6.07) is 0.504. The van der Waals surface area contributed by atoms with Crippen LogP contribution in [0.2, 0.25) is 0 Å². The number of nitrogens with two attached hydrogens (primary N) is 1. The van der Waals surface area contributed by atoms with Crippen molar-refractivity contribution >= 4 is 0 Å². The van der Waals surface area contributed by atoms with Gasteiger partial charge in [0.05, 0.1) is 0 Å². The van der Waals surface area contributed by atoms with Crippen molar-refractivity contribution in [2.45, 2.75) is 79.2 Å². The molecular formula is C14H32N2. The highest BCUT2D eigenvalue weighted by atomic mass is 15.2. The zero-order valence-corrected chi connectivity index (χ0v) is 12.0. The largest absolute Gasteiger partial charge is 0.271 e. The third-order valence-corrected chi connectivity index (χ3v) is 3.04. The van der Waals surface area contributed by atoms with Gasteiger partial charge in [0.15, 0.2) is 0 Å². The van der Waals surface area contributed by atoms with Crippen molar-refractivity contribution in [2.75, 3.05) is 0 Å². The van der Waals surface area contributed by atoms with Gasteiger partial charge in [-0.25, -0.2) is 0 Å². The molecule has 16 heavy (non-hydrogen) atoms. The van der Waals surface area contributed by atoms with E-state index in [0.29, 0.717) is 11.5 Å². The summed E-state index contributed by atoms with van der Waals surface area (Å²) in [4.78, 5) is 0. The first kappa shape index (κ1) is 15.9. The van der Waals surface area contributed by atoms with Crippen LogP contribution in [0.15, 0.2) is 0 Å². The van der Waals surface area contributed by atoms with Crippen molar-refractivity contribution in [1.82, 2.24) is 5.43 Å². The Morgan fingerprint density at radius 2 is 1.81 bits per heavy atom. The van der Waals surface area contributed by atoms with Gasteiger partial charge in [0.2, 0.25) is 0 Å². The first-order valence-corrected chi connectivity index (χ1v) is 6.85. The van der Waals surface area contributed by atoms with Crippen LogP contribution in [0, 0.1) is 11.3 Å². The Morgan fingerprint density at radius 1 is 1.19 bits per heavy atom. The first-order chi connectivity index (χ1) is 7.39. The number of hydrogen-bond donors (Lipinski definition) is 2. The number of hydrazine groups is 1. The van der Waals surface area contributed by atoms with Crippen molar-refractivity contribution in [2.24, 2.45) is 17.2 Å². The molecule has 2 nitrogen and oxygen atoms in total. The maximum absolute atomic E-state index is 5.62. The number of hydrogen-bond acceptors (Lipinski definition) is 2. The van der Waals surface area contributed by atoms with Crippen LogP contribution < -0.4 is 11.3 Å². The standard InChI is InChI=1S/C14H32N2/c1-6-7-8-9-13(16-15)10-12(2)11-14(3,4)5/h12-13,16H,6-11,15H2,1-5H3. The molecule has 0 aliphatic heterocycles. The molecule has 2 heteroatoms. The van der Waals surface area contributed by atoms with E-state index >= 15 is 0 Å². The molecule has 98 valence electrons. The summed E-state index contributed by atoms with van der Waals surface area (Å²) in [6.45, 7) is 11.5. The Labute approximate surface area is 102 Å². The summed E-state index contributed by atoms with van der Waals surface area (Å²) in [5.41, 5.74) is 3.41. The first-order valence-electron chi connectivity index (χ1n) is 6.85. The molecule has 0 aromatic carbocycles. The zero-order valence-electron chi connectivity index (χ0n) is 12.0. The smallest absolute Gasteiger partial charge is 0.0213 e. The van der Waals surface area contributed by atoms with E-state index in [4.69, 9.17) is 5.84 Å². The maximum atomic E-state index is 5.62. The Bertz CT molecular complexity index is 161. The van der Waals surface area contributed by atoms with Crippen LogP contribution in [-0.4, -0.2) is 6.04 Å². The Kier molecular flexibility index (Phi) is 8.04. The molecule has 0 radical (unpaired) electrons. The Balaban J connectivity index is 3.83. The van der Waals surface area contributed by atoms with Gasteiger partial charge in [0.1, 0.15) is 0 Å². The molecule has 0 aromatic rings. The fraction of sp³-hybridized carbons (Fsp3) is 1.00. The van der Waals surface area contributed by atoms with Crippen molar-refractivity contribution in [3.05, 3.63) is 0 Å². The molecule has 0 bridgehead atoms. The normalized spacial score (nSPS) is 16.1. The number of unbranched alkanes of at least 4 members (excludes halogenated alkanes) is 2. The molecule has 3 N–H and O–H groups in total. The van der Waals surface area contributed by atoms with E-state index < -0.39 is 0 Å². The van der Waals surface area contributed by atoms with E-state index in [1.165, 1.54) is 38.5 Å². The van der Waals surface area contributed by atoms with Crippen molar-refractivity contribution in [3.63, 3.8) is 0 Å². The van der Waals surface area contributed by atoms with Crippen LogP contribution >= 0.6 is 0 Å². The number of nitrogens with one attached hydrogen (secondary N) is 1. The SMILES string of the molecule is CCCCCC(CC(C)CC(C)(C)C)NN. The van der Waals surface area contributed by atoms with Crippen LogP contribution in [0.3, 0.4) is 0 Å². The molecule has 0 spiro atoms. The summed E-state index contributed by atoms with van der Waals surface area (Å²) in [7, 11) is 0. The third kappa shape index (κ3) is 9.17. The van der Waals surface area contributed by atoms with Crippen LogP contribution in [0.1, 0.15) is 73.1 Å². The number of rotatable bonds is 8. The predicted octanol–water partition coefficient (Wildman–Crippen LogP) is 3.86. The Morgan fingerprint density at radius 3 is 2.25 bits per heavy atom. The minimum atomic E-state index is 0.433. The summed E-state index contributed by atoms with van der Waals surface area (Å²) in [5, 5.41) is 0. The average molecular weight is 228 g/mol. The van der Waals surface area contributed by atoms with Gasteiger partial charge in [-0.15, -0.1) is 0 Å². The summed E-state index contributed by atoms with van der Waals surface area (Å²) >= 11 is 0. The van der Waals surface area contributed by atoms with Gasteiger partial charge in [-0.1, -0.05) is 53.9 Å². The second-order valence-electron chi connectivity index (χ2n) is 6.47. The van der Waals surface area contributed by atoms with E-state index in [2.05, 4.69) is 40.0 Å². The molecule has 0 saturated heterocycles. The van der Waals surface area contributed by atoms with Crippen LogP contribution in [0.25, 0.3) is 0 Å². The molecule has 2 atom stereocenters. The summed E-state index contributed by atoms with van der Waals surface area (Å²) in [5.74, 6) is 6.37. The van der Waals surface area contributed by atoms with Crippen molar-refractivity contribution in [1.29, 1.82) is 0 Å².